The van der Waals surface area contributed by atoms with Crippen LogP contribution in [0, 0.1) is 5.92 Å². The number of amides is 1. The number of hydrogen-bond donors (Lipinski definition) is 3. The molecule has 24 heavy (non-hydrogen) atoms. The van der Waals surface area contributed by atoms with E-state index in [1.807, 2.05) is 6.07 Å². The number of anilines is 1. The zero-order valence-corrected chi connectivity index (χ0v) is 14.8. The number of rotatable bonds is 6. The van der Waals surface area contributed by atoms with E-state index in [1.165, 1.54) is 25.7 Å². The van der Waals surface area contributed by atoms with Crippen molar-refractivity contribution in [1.29, 1.82) is 0 Å². The topological polar surface area (TPSA) is 79.0 Å². The van der Waals surface area contributed by atoms with E-state index < -0.39 is 0 Å². The van der Waals surface area contributed by atoms with Crippen LogP contribution in [0.5, 0.6) is 0 Å². The number of nitrogens with zero attached hydrogens (tertiary/aromatic N) is 1. The second kappa shape index (κ2) is 8.12. The lowest BCUT2D eigenvalue weighted by molar-refractivity contribution is -0.119. The van der Waals surface area contributed by atoms with Gasteiger partial charge in [-0.15, -0.1) is 0 Å². The van der Waals surface area contributed by atoms with Gasteiger partial charge in [0.25, 0.3) is 0 Å². The Morgan fingerprint density at radius 1 is 1.25 bits per heavy atom. The molecule has 1 amide bonds. The molecule has 2 heterocycles. The fourth-order valence-corrected chi connectivity index (χ4v) is 3.74. The van der Waals surface area contributed by atoms with Crippen molar-refractivity contribution in [2.75, 3.05) is 18.5 Å². The Balaban J connectivity index is 1.58. The molecule has 1 saturated carbocycles. The molecule has 0 bridgehead atoms. The lowest BCUT2D eigenvalue weighted by atomic mass is 10.00. The summed E-state index contributed by atoms with van der Waals surface area (Å²) in [5.74, 6) is 1.44. The highest BCUT2D eigenvalue weighted by molar-refractivity contribution is 5.94. The Labute approximate surface area is 144 Å². The molecule has 1 saturated heterocycles. The fourth-order valence-electron chi connectivity index (χ4n) is 3.74. The van der Waals surface area contributed by atoms with Gasteiger partial charge in [0.05, 0.1) is 6.04 Å². The molecule has 1 aromatic rings. The Morgan fingerprint density at radius 3 is 2.62 bits per heavy atom. The van der Waals surface area contributed by atoms with Gasteiger partial charge in [-0.1, -0.05) is 26.7 Å². The number of carbonyl (C=O) groups is 1. The molecule has 1 aromatic heterocycles. The molecule has 2 aliphatic rings. The van der Waals surface area contributed by atoms with Gasteiger partial charge in [-0.2, -0.15) is 5.10 Å². The molecule has 0 unspecified atom stereocenters. The molecule has 3 rings (SSSR count). The van der Waals surface area contributed by atoms with Gasteiger partial charge in [0, 0.05) is 36.9 Å². The van der Waals surface area contributed by atoms with E-state index in [0.717, 1.165) is 31.7 Å². The summed E-state index contributed by atoms with van der Waals surface area (Å²) in [4.78, 5) is 12.7. The van der Waals surface area contributed by atoms with Crippen LogP contribution in [0.15, 0.2) is 6.07 Å². The van der Waals surface area contributed by atoms with Gasteiger partial charge in [0.15, 0.2) is 5.82 Å². The monoisotopic (exact) mass is 334 g/mol. The van der Waals surface area contributed by atoms with E-state index >= 15 is 0 Å². The summed E-state index contributed by atoms with van der Waals surface area (Å²) in [7, 11) is 0. The first-order valence-corrected chi connectivity index (χ1v) is 9.33. The number of aromatic nitrogens is 2. The van der Waals surface area contributed by atoms with Crippen molar-refractivity contribution in [1.82, 2.24) is 15.5 Å². The fraction of sp³-hybridized carbons (Fsp3) is 0.778. The molecule has 2 fully saturated rings. The molecule has 3 N–H and O–H groups in total. The standard InChI is InChI=1S/C18H30N4O2/c1-12(2)17(19-14-7-9-24-10-8-14)18(23)20-16-11-15(21-22-16)13-5-3-4-6-13/h11-14,17,19H,3-10H2,1-2H3,(H2,20,21,22,23)/t17-/m1/s1. The number of nitrogens with one attached hydrogen (secondary N) is 3. The Morgan fingerprint density at radius 2 is 1.96 bits per heavy atom. The van der Waals surface area contributed by atoms with Crippen molar-refractivity contribution in [3.05, 3.63) is 11.8 Å². The van der Waals surface area contributed by atoms with Gasteiger partial charge in [-0.05, 0) is 31.6 Å². The van der Waals surface area contributed by atoms with Crippen LogP contribution >= 0.6 is 0 Å². The van der Waals surface area contributed by atoms with Crippen LogP contribution in [0.3, 0.4) is 0 Å². The molecule has 6 nitrogen and oxygen atoms in total. The lowest BCUT2D eigenvalue weighted by Gasteiger charge is -2.29. The van der Waals surface area contributed by atoms with Gasteiger partial charge in [0.1, 0.15) is 0 Å². The summed E-state index contributed by atoms with van der Waals surface area (Å²) in [5.41, 5.74) is 1.15. The van der Waals surface area contributed by atoms with E-state index in [4.69, 9.17) is 4.74 Å². The molecule has 0 spiro atoms. The zero-order chi connectivity index (χ0) is 16.9. The SMILES string of the molecule is CC(C)[C@@H](NC1CCOCC1)C(=O)Nc1cc(C2CCCC2)[nH]n1. The summed E-state index contributed by atoms with van der Waals surface area (Å²) < 4.78 is 5.39. The number of carbonyl (C=O) groups excluding carboxylic acids is 1. The summed E-state index contributed by atoms with van der Waals surface area (Å²) in [6.45, 7) is 5.69. The molecule has 0 aromatic carbocycles. The average molecular weight is 334 g/mol. The second-order valence-corrected chi connectivity index (χ2v) is 7.45. The van der Waals surface area contributed by atoms with Crippen molar-refractivity contribution in [2.45, 2.75) is 70.4 Å². The highest BCUT2D eigenvalue weighted by Gasteiger charge is 2.27. The summed E-state index contributed by atoms with van der Waals surface area (Å²) in [6, 6.07) is 2.14. The first-order valence-electron chi connectivity index (χ1n) is 9.33. The summed E-state index contributed by atoms with van der Waals surface area (Å²) >= 11 is 0. The normalized spacial score (nSPS) is 21.3. The molecular formula is C18H30N4O2. The third kappa shape index (κ3) is 4.36. The molecule has 1 atom stereocenters. The first kappa shape index (κ1) is 17.4. The largest absolute Gasteiger partial charge is 0.381 e. The van der Waals surface area contributed by atoms with Crippen molar-refractivity contribution in [2.24, 2.45) is 5.92 Å². The highest BCUT2D eigenvalue weighted by atomic mass is 16.5. The van der Waals surface area contributed by atoms with Crippen molar-refractivity contribution in [3.63, 3.8) is 0 Å². The highest BCUT2D eigenvalue weighted by Crippen LogP contribution is 2.33. The quantitative estimate of drug-likeness (QED) is 0.747. The predicted octanol–water partition coefficient (Wildman–Crippen LogP) is 2.80. The van der Waals surface area contributed by atoms with E-state index in [-0.39, 0.29) is 17.9 Å². The maximum atomic E-state index is 12.7. The van der Waals surface area contributed by atoms with Crippen LogP contribution in [0.4, 0.5) is 5.82 Å². The van der Waals surface area contributed by atoms with Crippen LogP contribution in [0.1, 0.15) is 64.0 Å². The number of hydrogen-bond acceptors (Lipinski definition) is 4. The van der Waals surface area contributed by atoms with Crippen LogP contribution in [-0.4, -0.2) is 41.4 Å². The van der Waals surface area contributed by atoms with Crippen LogP contribution in [-0.2, 0) is 9.53 Å². The van der Waals surface area contributed by atoms with Crippen LogP contribution in [0.2, 0.25) is 0 Å². The van der Waals surface area contributed by atoms with Gasteiger partial charge in [-0.25, -0.2) is 0 Å². The van der Waals surface area contributed by atoms with Crippen molar-refractivity contribution >= 4 is 11.7 Å². The minimum Gasteiger partial charge on any atom is -0.381 e. The molecule has 134 valence electrons. The van der Waals surface area contributed by atoms with Crippen LogP contribution < -0.4 is 10.6 Å². The minimum absolute atomic E-state index is 0.000892. The molecule has 6 heteroatoms. The molecular weight excluding hydrogens is 304 g/mol. The second-order valence-electron chi connectivity index (χ2n) is 7.45. The number of ether oxygens (including phenoxy) is 1. The number of H-pyrrole nitrogens is 1. The Bertz CT molecular complexity index is 531. The predicted molar refractivity (Wildman–Crippen MR) is 94.0 cm³/mol. The maximum absolute atomic E-state index is 12.7. The van der Waals surface area contributed by atoms with Gasteiger partial charge >= 0.3 is 0 Å². The van der Waals surface area contributed by atoms with Gasteiger partial charge < -0.3 is 15.4 Å². The third-order valence-corrected chi connectivity index (χ3v) is 5.23. The van der Waals surface area contributed by atoms with E-state index in [9.17, 15) is 4.79 Å². The van der Waals surface area contributed by atoms with Crippen molar-refractivity contribution < 1.29 is 9.53 Å². The number of aromatic amines is 1. The van der Waals surface area contributed by atoms with E-state index in [1.54, 1.807) is 0 Å². The van der Waals surface area contributed by atoms with E-state index in [0.29, 0.717) is 17.8 Å². The smallest absolute Gasteiger partial charge is 0.242 e. The third-order valence-electron chi connectivity index (χ3n) is 5.23. The van der Waals surface area contributed by atoms with Gasteiger partial charge in [0.2, 0.25) is 5.91 Å². The Hall–Kier alpha value is -1.40. The lowest BCUT2D eigenvalue weighted by Crippen LogP contribution is -2.50. The Kier molecular flexibility index (Phi) is 5.89. The van der Waals surface area contributed by atoms with Gasteiger partial charge in [-0.3, -0.25) is 9.89 Å². The van der Waals surface area contributed by atoms with E-state index in [2.05, 4.69) is 34.7 Å². The van der Waals surface area contributed by atoms with Crippen molar-refractivity contribution in [3.8, 4) is 0 Å². The maximum Gasteiger partial charge on any atom is 0.242 e. The van der Waals surface area contributed by atoms with Crippen LogP contribution in [0.25, 0.3) is 0 Å². The summed E-state index contributed by atoms with van der Waals surface area (Å²) in [5, 5.41) is 13.9. The molecule has 0 radical (unpaired) electrons. The average Bonchev–Trinajstić information content (AvgIpc) is 3.24. The molecule has 1 aliphatic heterocycles. The summed E-state index contributed by atoms with van der Waals surface area (Å²) in [6.07, 6.45) is 6.94. The minimum atomic E-state index is -0.209. The zero-order valence-electron chi connectivity index (χ0n) is 14.8. The molecule has 1 aliphatic carbocycles. The first-order chi connectivity index (χ1) is 11.6.